The van der Waals surface area contributed by atoms with Gasteiger partial charge in [-0.05, 0) is 58.6 Å². The number of nitrogens with one attached hydrogen (secondary N) is 3. The maximum absolute atomic E-state index is 11.6. The van der Waals surface area contributed by atoms with Crippen LogP contribution in [0.5, 0.6) is 0 Å². The lowest BCUT2D eigenvalue weighted by molar-refractivity contribution is 0.0527. The summed E-state index contributed by atoms with van der Waals surface area (Å²) in [5, 5.41) is 9.41. The fourth-order valence-electron chi connectivity index (χ4n) is 3.22. The van der Waals surface area contributed by atoms with Crippen molar-refractivity contribution in [3.63, 3.8) is 0 Å². The Morgan fingerprint density at radius 1 is 1.17 bits per heavy atom. The van der Waals surface area contributed by atoms with Crippen LogP contribution in [0.15, 0.2) is 35.3 Å². The maximum atomic E-state index is 11.6. The van der Waals surface area contributed by atoms with Gasteiger partial charge in [-0.15, -0.1) is 24.0 Å². The van der Waals surface area contributed by atoms with E-state index in [1.54, 1.807) is 0 Å². The standard InChI is InChI=1S/C22H37N5O2.HI/c1-5-23-20(24-13-9-14-25-21(28)29-22(2,3)4)26-16-18-12-15-27(17-18)19-10-7-6-8-11-19;/h6-8,10-11,18H,5,9,12-17H2,1-4H3,(H,25,28)(H2,23,24,26);1H. The third-order valence-electron chi connectivity index (χ3n) is 4.57. The SMILES string of the molecule is CCNC(=NCC1CCN(c2ccccc2)C1)NCCCNC(=O)OC(C)(C)C.I. The fourth-order valence-corrected chi connectivity index (χ4v) is 3.22. The first-order valence-corrected chi connectivity index (χ1v) is 10.7. The number of nitrogens with zero attached hydrogens (tertiary/aromatic N) is 2. The molecule has 0 saturated carbocycles. The molecule has 0 radical (unpaired) electrons. The molecule has 0 aliphatic carbocycles. The van der Waals surface area contributed by atoms with Gasteiger partial charge in [0, 0.05) is 45.0 Å². The smallest absolute Gasteiger partial charge is 0.407 e. The van der Waals surface area contributed by atoms with Gasteiger partial charge in [-0.1, -0.05) is 18.2 Å². The fraction of sp³-hybridized carbons (Fsp3) is 0.636. The van der Waals surface area contributed by atoms with E-state index in [2.05, 4.69) is 58.1 Å². The van der Waals surface area contributed by atoms with Crippen molar-refractivity contribution in [3.05, 3.63) is 30.3 Å². The lowest BCUT2D eigenvalue weighted by Gasteiger charge is -2.19. The van der Waals surface area contributed by atoms with Gasteiger partial charge >= 0.3 is 6.09 Å². The lowest BCUT2D eigenvalue weighted by atomic mass is 10.1. The molecule has 1 saturated heterocycles. The number of hydrogen-bond acceptors (Lipinski definition) is 4. The van der Waals surface area contributed by atoms with Gasteiger partial charge in [0.1, 0.15) is 5.60 Å². The molecule has 1 atom stereocenters. The highest BCUT2D eigenvalue weighted by Gasteiger charge is 2.22. The highest BCUT2D eigenvalue weighted by Crippen LogP contribution is 2.23. The van der Waals surface area contributed by atoms with E-state index in [1.165, 1.54) is 5.69 Å². The predicted octanol–water partition coefficient (Wildman–Crippen LogP) is 3.60. The second-order valence-corrected chi connectivity index (χ2v) is 8.36. The summed E-state index contributed by atoms with van der Waals surface area (Å²) in [7, 11) is 0. The molecule has 1 heterocycles. The van der Waals surface area contributed by atoms with Gasteiger partial charge in [0.05, 0.1) is 0 Å². The molecule has 1 amide bonds. The van der Waals surface area contributed by atoms with Gasteiger partial charge in [-0.25, -0.2) is 4.79 Å². The quantitative estimate of drug-likeness (QED) is 0.207. The summed E-state index contributed by atoms with van der Waals surface area (Å²) in [5.41, 5.74) is 0.824. The number of carbonyl (C=O) groups is 1. The molecule has 0 bridgehead atoms. The van der Waals surface area contributed by atoms with Gasteiger partial charge in [-0.2, -0.15) is 0 Å². The molecule has 8 heteroatoms. The van der Waals surface area contributed by atoms with Crippen molar-refractivity contribution in [1.29, 1.82) is 0 Å². The van der Waals surface area contributed by atoms with Crippen molar-refractivity contribution in [2.24, 2.45) is 10.9 Å². The minimum atomic E-state index is -0.469. The number of aliphatic imine (C=N–C) groups is 1. The predicted molar refractivity (Wildman–Crippen MR) is 135 cm³/mol. The molecule has 1 fully saturated rings. The molecule has 3 N–H and O–H groups in total. The van der Waals surface area contributed by atoms with Crippen molar-refractivity contribution in [2.45, 2.75) is 46.1 Å². The number of halogens is 1. The summed E-state index contributed by atoms with van der Waals surface area (Å²) < 4.78 is 5.23. The van der Waals surface area contributed by atoms with E-state index in [0.29, 0.717) is 12.5 Å². The summed E-state index contributed by atoms with van der Waals surface area (Å²) in [5.74, 6) is 1.41. The van der Waals surface area contributed by atoms with Crippen LogP contribution in [0.1, 0.15) is 40.5 Å². The van der Waals surface area contributed by atoms with Crippen LogP contribution in [0.4, 0.5) is 10.5 Å². The van der Waals surface area contributed by atoms with Crippen LogP contribution >= 0.6 is 24.0 Å². The largest absolute Gasteiger partial charge is 0.444 e. The number of alkyl carbamates (subject to hydrolysis) is 1. The van der Waals surface area contributed by atoms with Gasteiger partial charge in [0.2, 0.25) is 0 Å². The first-order chi connectivity index (χ1) is 13.9. The normalized spacial score (nSPS) is 16.6. The Morgan fingerprint density at radius 2 is 1.87 bits per heavy atom. The van der Waals surface area contributed by atoms with E-state index in [-0.39, 0.29) is 30.1 Å². The molecule has 2 rings (SSSR count). The zero-order valence-electron chi connectivity index (χ0n) is 18.7. The summed E-state index contributed by atoms with van der Waals surface area (Å²) >= 11 is 0. The zero-order valence-corrected chi connectivity index (χ0v) is 21.1. The Morgan fingerprint density at radius 3 is 2.53 bits per heavy atom. The van der Waals surface area contributed by atoms with Crippen LogP contribution < -0.4 is 20.9 Å². The topological polar surface area (TPSA) is 78.0 Å². The molecule has 1 aromatic rings. The minimum Gasteiger partial charge on any atom is -0.444 e. The molecule has 1 unspecified atom stereocenters. The number of anilines is 1. The van der Waals surface area contributed by atoms with Gasteiger partial charge in [-0.3, -0.25) is 4.99 Å². The summed E-state index contributed by atoms with van der Waals surface area (Å²) in [6, 6.07) is 10.6. The van der Waals surface area contributed by atoms with Crippen LogP contribution in [0, 0.1) is 5.92 Å². The molecule has 1 aliphatic rings. The molecule has 170 valence electrons. The Bertz CT molecular complexity index is 649. The number of guanidine groups is 1. The molecular weight excluding hydrogens is 493 g/mol. The van der Waals surface area contributed by atoms with E-state index in [4.69, 9.17) is 9.73 Å². The van der Waals surface area contributed by atoms with E-state index in [9.17, 15) is 4.79 Å². The number of benzene rings is 1. The molecule has 0 spiro atoms. The van der Waals surface area contributed by atoms with Gasteiger partial charge < -0.3 is 25.6 Å². The molecule has 1 aliphatic heterocycles. The van der Waals surface area contributed by atoms with E-state index < -0.39 is 5.60 Å². The molecule has 30 heavy (non-hydrogen) atoms. The van der Waals surface area contributed by atoms with Crippen LogP contribution in [-0.2, 0) is 4.74 Å². The number of hydrogen-bond donors (Lipinski definition) is 3. The van der Waals surface area contributed by atoms with Crippen LogP contribution in [-0.4, -0.2) is 56.9 Å². The number of para-hydroxylation sites is 1. The van der Waals surface area contributed by atoms with Gasteiger partial charge in [0.15, 0.2) is 5.96 Å². The van der Waals surface area contributed by atoms with Crippen molar-refractivity contribution in [3.8, 4) is 0 Å². The van der Waals surface area contributed by atoms with Crippen molar-refractivity contribution >= 4 is 41.7 Å². The summed E-state index contributed by atoms with van der Waals surface area (Å²) in [6.45, 7) is 12.7. The number of carbonyl (C=O) groups excluding carboxylic acids is 1. The van der Waals surface area contributed by atoms with E-state index in [1.807, 2.05) is 20.8 Å². The Balaban J connectivity index is 0.00000450. The van der Waals surface area contributed by atoms with Gasteiger partial charge in [0.25, 0.3) is 0 Å². The summed E-state index contributed by atoms with van der Waals surface area (Å²) in [6.07, 6.45) is 1.59. The third-order valence-corrected chi connectivity index (χ3v) is 4.57. The average Bonchev–Trinajstić information content (AvgIpc) is 3.14. The molecule has 0 aromatic heterocycles. The monoisotopic (exact) mass is 531 g/mol. The molecule has 1 aromatic carbocycles. The van der Waals surface area contributed by atoms with Crippen LogP contribution in [0.3, 0.4) is 0 Å². The number of rotatable bonds is 8. The van der Waals surface area contributed by atoms with Crippen LogP contribution in [0.25, 0.3) is 0 Å². The van der Waals surface area contributed by atoms with Crippen molar-refractivity contribution in [2.75, 3.05) is 44.2 Å². The zero-order chi connectivity index (χ0) is 21.1. The van der Waals surface area contributed by atoms with Crippen molar-refractivity contribution in [1.82, 2.24) is 16.0 Å². The van der Waals surface area contributed by atoms with E-state index in [0.717, 1.165) is 51.5 Å². The number of ether oxygens (including phenoxy) is 1. The Hall–Kier alpha value is -1.71. The minimum absolute atomic E-state index is 0. The second-order valence-electron chi connectivity index (χ2n) is 8.36. The van der Waals surface area contributed by atoms with Crippen LogP contribution in [0.2, 0.25) is 0 Å². The first kappa shape index (κ1) is 26.3. The van der Waals surface area contributed by atoms with Crippen molar-refractivity contribution < 1.29 is 9.53 Å². The Labute approximate surface area is 198 Å². The first-order valence-electron chi connectivity index (χ1n) is 10.7. The highest BCUT2D eigenvalue weighted by atomic mass is 127. The summed E-state index contributed by atoms with van der Waals surface area (Å²) in [4.78, 5) is 18.8. The lowest BCUT2D eigenvalue weighted by Crippen LogP contribution is -2.39. The molecular formula is C22H38IN5O2. The highest BCUT2D eigenvalue weighted by molar-refractivity contribution is 14.0. The molecule has 7 nitrogen and oxygen atoms in total. The second kappa shape index (κ2) is 13.6. The Kier molecular flexibility index (Phi) is 11.9. The maximum Gasteiger partial charge on any atom is 0.407 e. The van der Waals surface area contributed by atoms with E-state index >= 15 is 0 Å². The average molecular weight is 531 g/mol. The number of amides is 1. The third kappa shape index (κ3) is 10.4.